The van der Waals surface area contributed by atoms with Crippen LogP contribution in [0.25, 0.3) is 0 Å². The Morgan fingerprint density at radius 3 is 2.57 bits per heavy atom. The molecule has 0 spiro atoms. The maximum absolute atomic E-state index is 13.6. The standard InChI is InChI=1S/C13H12F4N2OS/c1-7(8-3-4-10(20-2)9(14)5-8)19-12-18-6-11(21-12)13(15,16)17/h3-7H,1-2H3,(H,18,19). The van der Waals surface area contributed by atoms with Gasteiger partial charge in [0.25, 0.3) is 0 Å². The van der Waals surface area contributed by atoms with Gasteiger partial charge in [-0.3, -0.25) is 0 Å². The number of hydrogen-bond acceptors (Lipinski definition) is 4. The lowest BCUT2D eigenvalue weighted by molar-refractivity contribution is -0.134. The van der Waals surface area contributed by atoms with Crippen molar-refractivity contribution in [1.82, 2.24) is 4.98 Å². The predicted molar refractivity (Wildman–Crippen MR) is 72.1 cm³/mol. The maximum Gasteiger partial charge on any atom is 0.427 e. The second-order valence-electron chi connectivity index (χ2n) is 4.29. The molecule has 0 aliphatic carbocycles. The molecule has 1 N–H and O–H groups in total. The molecule has 0 amide bonds. The van der Waals surface area contributed by atoms with Crippen LogP contribution in [0.2, 0.25) is 0 Å². The zero-order chi connectivity index (χ0) is 15.6. The molecule has 1 atom stereocenters. The highest BCUT2D eigenvalue weighted by molar-refractivity contribution is 7.15. The van der Waals surface area contributed by atoms with Crippen molar-refractivity contribution >= 4 is 16.5 Å². The fraction of sp³-hybridized carbons (Fsp3) is 0.308. The van der Waals surface area contributed by atoms with E-state index in [-0.39, 0.29) is 10.9 Å². The molecule has 2 rings (SSSR count). The van der Waals surface area contributed by atoms with Gasteiger partial charge in [-0.1, -0.05) is 17.4 Å². The third-order valence-electron chi connectivity index (χ3n) is 2.80. The van der Waals surface area contributed by atoms with Gasteiger partial charge in [-0.15, -0.1) is 0 Å². The molecular formula is C13H12F4N2OS. The Labute approximate surface area is 122 Å². The van der Waals surface area contributed by atoms with Crippen LogP contribution in [0.15, 0.2) is 24.4 Å². The monoisotopic (exact) mass is 320 g/mol. The third kappa shape index (κ3) is 3.63. The van der Waals surface area contributed by atoms with Crippen LogP contribution in [0, 0.1) is 5.82 Å². The smallest absolute Gasteiger partial charge is 0.427 e. The van der Waals surface area contributed by atoms with Crippen molar-refractivity contribution in [3.8, 4) is 5.75 Å². The first kappa shape index (κ1) is 15.6. The predicted octanol–water partition coefficient (Wildman–Crippen LogP) is 4.48. The fourth-order valence-electron chi connectivity index (χ4n) is 1.69. The van der Waals surface area contributed by atoms with E-state index in [9.17, 15) is 17.6 Å². The number of alkyl halides is 3. The summed E-state index contributed by atoms with van der Waals surface area (Å²) in [5.41, 5.74) is 0.581. The van der Waals surface area contributed by atoms with Gasteiger partial charge < -0.3 is 10.1 Å². The number of methoxy groups -OCH3 is 1. The average molecular weight is 320 g/mol. The number of halogens is 4. The number of ether oxygens (including phenoxy) is 1. The summed E-state index contributed by atoms with van der Waals surface area (Å²) < 4.78 is 55.8. The molecule has 1 aromatic carbocycles. The molecule has 0 radical (unpaired) electrons. The Morgan fingerprint density at radius 1 is 1.33 bits per heavy atom. The minimum atomic E-state index is -4.41. The van der Waals surface area contributed by atoms with Crippen LogP contribution in [0.3, 0.4) is 0 Å². The molecule has 114 valence electrons. The van der Waals surface area contributed by atoms with Crippen molar-refractivity contribution in [2.45, 2.75) is 19.1 Å². The van der Waals surface area contributed by atoms with E-state index in [1.54, 1.807) is 13.0 Å². The molecule has 1 heterocycles. The van der Waals surface area contributed by atoms with Crippen molar-refractivity contribution in [2.24, 2.45) is 0 Å². The van der Waals surface area contributed by atoms with Crippen molar-refractivity contribution in [1.29, 1.82) is 0 Å². The summed E-state index contributed by atoms with van der Waals surface area (Å²) in [7, 11) is 1.36. The number of nitrogens with zero attached hydrogens (tertiary/aromatic N) is 1. The summed E-state index contributed by atoms with van der Waals surface area (Å²) in [6, 6.07) is 3.98. The number of nitrogens with one attached hydrogen (secondary N) is 1. The van der Waals surface area contributed by atoms with Crippen LogP contribution in [-0.2, 0) is 6.18 Å². The molecule has 0 saturated heterocycles. The summed E-state index contributed by atoms with van der Waals surface area (Å²) in [6.07, 6.45) is -3.64. The summed E-state index contributed by atoms with van der Waals surface area (Å²) in [5, 5.41) is 2.95. The zero-order valence-electron chi connectivity index (χ0n) is 11.2. The van der Waals surface area contributed by atoms with Gasteiger partial charge in [0, 0.05) is 0 Å². The topological polar surface area (TPSA) is 34.1 Å². The second-order valence-corrected chi connectivity index (χ2v) is 5.32. The molecule has 2 aromatic rings. The SMILES string of the molecule is COc1ccc(C(C)Nc2ncc(C(F)(F)F)s2)cc1F. The van der Waals surface area contributed by atoms with Gasteiger partial charge in [0.15, 0.2) is 16.7 Å². The minimum absolute atomic E-state index is 0.111. The number of thiazole rings is 1. The largest absolute Gasteiger partial charge is 0.494 e. The van der Waals surface area contributed by atoms with Gasteiger partial charge in [-0.25, -0.2) is 9.37 Å². The van der Waals surface area contributed by atoms with Crippen LogP contribution in [-0.4, -0.2) is 12.1 Å². The van der Waals surface area contributed by atoms with Gasteiger partial charge >= 0.3 is 6.18 Å². The van der Waals surface area contributed by atoms with E-state index in [2.05, 4.69) is 10.3 Å². The molecular weight excluding hydrogens is 308 g/mol. The van der Waals surface area contributed by atoms with Gasteiger partial charge in [-0.2, -0.15) is 13.2 Å². The van der Waals surface area contributed by atoms with E-state index >= 15 is 0 Å². The number of rotatable bonds is 4. The molecule has 0 bridgehead atoms. The Hall–Kier alpha value is -1.83. The van der Waals surface area contributed by atoms with Crippen LogP contribution in [0.5, 0.6) is 5.75 Å². The lowest BCUT2D eigenvalue weighted by Gasteiger charge is -2.14. The Bertz CT molecular complexity index is 627. The molecule has 0 fully saturated rings. The molecule has 0 aliphatic rings. The van der Waals surface area contributed by atoms with Gasteiger partial charge in [-0.05, 0) is 24.6 Å². The van der Waals surface area contributed by atoms with Crippen LogP contribution in [0.1, 0.15) is 23.4 Å². The number of aromatic nitrogens is 1. The van der Waals surface area contributed by atoms with Crippen molar-refractivity contribution in [3.05, 3.63) is 40.7 Å². The number of hydrogen-bond donors (Lipinski definition) is 1. The Kier molecular flexibility index (Phi) is 4.36. The highest BCUT2D eigenvalue weighted by Crippen LogP contribution is 2.36. The first-order valence-corrected chi connectivity index (χ1v) is 6.76. The van der Waals surface area contributed by atoms with E-state index in [0.29, 0.717) is 16.9 Å². The van der Waals surface area contributed by atoms with Gasteiger partial charge in [0.05, 0.1) is 19.3 Å². The third-order valence-corrected chi connectivity index (χ3v) is 3.77. The normalized spacial score (nSPS) is 13.0. The molecule has 1 unspecified atom stereocenters. The molecule has 0 saturated carbocycles. The van der Waals surface area contributed by atoms with Crippen molar-refractivity contribution < 1.29 is 22.3 Å². The summed E-state index contributed by atoms with van der Waals surface area (Å²) in [5.74, 6) is -0.418. The van der Waals surface area contributed by atoms with Gasteiger partial charge in [0.1, 0.15) is 4.88 Å². The van der Waals surface area contributed by atoms with Crippen molar-refractivity contribution in [3.63, 3.8) is 0 Å². The van der Waals surface area contributed by atoms with E-state index < -0.39 is 22.9 Å². The highest BCUT2D eigenvalue weighted by Gasteiger charge is 2.33. The highest BCUT2D eigenvalue weighted by atomic mass is 32.1. The Morgan fingerprint density at radius 2 is 2.05 bits per heavy atom. The minimum Gasteiger partial charge on any atom is -0.494 e. The molecule has 1 aromatic heterocycles. The van der Waals surface area contributed by atoms with Crippen LogP contribution < -0.4 is 10.1 Å². The quantitative estimate of drug-likeness (QED) is 0.843. The summed E-state index contributed by atoms with van der Waals surface area (Å²) >= 11 is 0.509. The van der Waals surface area contributed by atoms with E-state index in [4.69, 9.17) is 4.74 Å². The first-order valence-electron chi connectivity index (χ1n) is 5.94. The molecule has 0 aliphatic heterocycles. The fourth-order valence-corrected chi connectivity index (χ4v) is 2.46. The van der Waals surface area contributed by atoms with E-state index in [0.717, 1.165) is 6.20 Å². The molecule has 3 nitrogen and oxygen atoms in total. The first-order chi connectivity index (χ1) is 9.81. The zero-order valence-corrected chi connectivity index (χ0v) is 12.0. The Balaban J connectivity index is 2.12. The maximum atomic E-state index is 13.6. The lowest BCUT2D eigenvalue weighted by atomic mass is 10.1. The summed E-state index contributed by atoms with van der Waals surface area (Å²) in [6.45, 7) is 1.70. The molecule has 21 heavy (non-hydrogen) atoms. The second kappa shape index (κ2) is 5.88. The van der Waals surface area contributed by atoms with Crippen molar-refractivity contribution in [2.75, 3.05) is 12.4 Å². The number of benzene rings is 1. The van der Waals surface area contributed by atoms with Crippen LogP contribution in [0.4, 0.5) is 22.7 Å². The number of anilines is 1. The van der Waals surface area contributed by atoms with E-state index in [1.165, 1.54) is 19.2 Å². The van der Waals surface area contributed by atoms with Gasteiger partial charge in [0.2, 0.25) is 0 Å². The average Bonchev–Trinajstić information content (AvgIpc) is 2.87. The van der Waals surface area contributed by atoms with E-state index in [1.807, 2.05) is 0 Å². The molecule has 8 heteroatoms. The summed E-state index contributed by atoms with van der Waals surface area (Å²) in [4.78, 5) is 2.89. The van der Waals surface area contributed by atoms with Crippen LogP contribution >= 0.6 is 11.3 Å². The lowest BCUT2D eigenvalue weighted by Crippen LogP contribution is -2.06.